The smallest absolute Gasteiger partial charge is 0.409 e. The Balaban J connectivity index is 1.40. The summed E-state index contributed by atoms with van der Waals surface area (Å²) in [5.74, 6) is -3.07. The molecular weight excluding hydrogens is 784 g/mol. The average molecular weight is 832 g/mol. The molecule has 15 heteroatoms. The zero-order valence-electron chi connectivity index (χ0n) is 33.4. The molecule has 0 radical (unpaired) electrons. The van der Waals surface area contributed by atoms with Crippen molar-refractivity contribution in [3.8, 4) is 6.07 Å². The van der Waals surface area contributed by atoms with Gasteiger partial charge < -0.3 is 29.7 Å². The van der Waals surface area contributed by atoms with Gasteiger partial charge in [0, 0.05) is 22.1 Å². The summed E-state index contributed by atoms with van der Waals surface area (Å²) in [4.78, 5) is 47.3. The maximum atomic E-state index is 15.7. The van der Waals surface area contributed by atoms with E-state index in [0.29, 0.717) is 28.9 Å². The minimum Gasteiger partial charge on any atom is -0.449 e. The number of morpholine rings is 1. The monoisotopic (exact) mass is 831 g/mol. The van der Waals surface area contributed by atoms with Crippen LogP contribution in [0.5, 0.6) is 0 Å². The van der Waals surface area contributed by atoms with Gasteiger partial charge in [0.2, 0.25) is 5.91 Å². The maximum absolute atomic E-state index is 15.7. The predicted octanol–water partition coefficient (Wildman–Crippen LogP) is 8.77. The number of halogens is 3. The quantitative estimate of drug-likeness (QED) is 0.0888. The molecule has 3 atom stereocenters. The highest BCUT2D eigenvalue weighted by Gasteiger charge is 2.36. The number of nitrogens with zero attached hydrogens (tertiary/aromatic N) is 3. The Morgan fingerprint density at radius 2 is 1.64 bits per heavy atom. The highest BCUT2D eigenvalue weighted by atomic mass is 32.2. The number of alkyl carbamates (subject to hydrolysis) is 1. The molecule has 1 aliphatic heterocycles. The van der Waals surface area contributed by atoms with Crippen LogP contribution in [0.25, 0.3) is 0 Å². The molecule has 3 unspecified atom stereocenters. The Bertz CT molecular complexity index is 2050. The van der Waals surface area contributed by atoms with E-state index in [-0.39, 0.29) is 43.8 Å². The number of carbonyl (C=O) groups is 3. The van der Waals surface area contributed by atoms with Crippen LogP contribution >= 0.6 is 11.8 Å². The third-order valence-electron chi connectivity index (χ3n) is 9.34. The molecule has 5 rings (SSSR count). The van der Waals surface area contributed by atoms with E-state index in [1.54, 1.807) is 43.9 Å². The first-order chi connectivity index (χ1) is 28.2. The molecule has 0 aliphatic carbocycles. The number of hydrogen-bond acceptors (Lipinski definition) is 9. The minimum absolute atomic E-state index is 0.0269. The second kappa shape index (κ2) is 20.9. The fraction of sp³-hybridized carbons (Fsp3) is 0.386. The van der Waals surface area contributed by atoms with E-state index < -0.39 is 65.3 Å². The Morgan fingerprint density at radius 3 is 2.27 bits per heavy atom. The number of benzene rings is 3. The van der Waals surface area contributed by atoms with E-state index in [2.05, 4.69) is 21.7 Å². The number of nitrogens with one attached hydrogen (secondary N) is 2. The molecule has 0 bridgehead atoms. The Hall–Kier alpha value is -5.59. The zero-order chi connectivity index (χ0) is 42.5. The number of pyridine rings is 1. The van der Waals surface area contributed by atoms with Gasteiger partial charge in [-0.1, -0.05) is 43.7 Å². The van der Waals surface area contributed by atoms with Crippen LogP contribution in [0.4, 0.5) is 28.4 Å². The van der Waals surface area contributed by atoms with E-state index >= 15 is 4.39 Å². The summed E-state index contributed by atoms with van der Waals surface area (Å²) in [5, 5.41) is 14.7. The van der Waals surface area contributed by atoms with Gasteiger partial charge in [-0.05, 0) is 93.6 Å². The first-order valence-corrected chi connectivity index (χ1v) is 20.3. The van der Waals surface area contributed by atoms with Crippen molar-refractivity contribution in [2.75, 3.05) is 30.8 Å². The molecule has 59 heavy (non-hydrogen) atoms. The summed E-state index contributed by atoms with van der Waals surface area (Å²) in [6.45, 7) is 7.69. The molecule has 4 aromatic rings. The summed E-state index contributed by atoms with van der Waals surface area (Å²) in [5.41, 5.74) is 0.562. The van der Waals surface area contributed by atoms with Gasteiger partial charge in [0.25, 0.3) is 0 Å². The number of amides is 3. The van der Waals surface area contributed by atoms with Crippen LogP contribution in [0.1, 0.15) is 75.1 Å². The zero-order valence-corrected chi connectivity index (χ0v) is 34.2. The topological polar surface area (TPSA) is 143 Å². The van der Waals surface area contributed by atoms with Crippen molar-refractivity contribution in [3.63, 3.8) is 0 Å². The lowest BCUT2D eigenvalue weighted by atomic mass is 9.84. The van der Waals surface area contributed by atoms with E-state index in [4.69, 9.17) is 14.2 Å². The summed E-state index contributed by atoms with van der Waals surface area (Å²) in [6, 6.07) is 18.5. The second-order valence-electron chi connectivity index (χ2n) is 15.1. The van der Waals surface area contributed by atoms with Crippen LogP contribution in [-0.4, -0.2) is 77.3 Å². The molecule has 11 nitrogen and oxygen atoms in total. The summed E-state index contributed by atoms with van der Waals surface area (Å²) >= 11 is 1.48. The van der Waals surface area contributed by atoms with E-state index in [9.17, 15) is 28.4 Å². The van der Waals surface area contributed by atoms with Crippen LogP contribution < -0.4 is 10.6 Å². The van der Waals surface area contributed by atoms with Crippen molar-refractivity contribution in [1.29, 1.82) is 5.26 Å². The van der Waals surface area contributed by atoms with Crippen LogP contribution in [0, 0.1) is 28.8 Å². The molecule has 0 saturated carbocycles. The third-order valence-corrected chi connectivity index (χ3v) is 10.5. The van der Waals surface area contributed by atoms with E-state index in [1.807, 2.05) is 13.0 Å². The molecule has 0 spiro atoms. The summed E-state index contributed by atoms with van der Waals surface area (Å²) in [6.07, 6.45) is 1.81. The first kappa shape index (κ1) is 44.5. The van der Waals surface area contributed by atoms with Gasteiger partial charge >= 0.3 is 12.2 Å². The minimum atomic E-state index is -1.43. The molecule has 2 heterocycles. The number of ether oxygens (including phenoxy) is 3. The molecular formula is C44H48F3N5O6S. The number of anilines is 1. The predicted molar refractivity (Wildman–Crippen MR) is 217 cm³/mol. The summed E-state index contributed by atoms with van der Waals surface area (Å²) < 4.78 is 61.4. The number of aromatic nitrogens is 1. The van der Waals surface area contributed by atoms with Crippen molar-refractivity contribution >= 4 is 35.5 Å². The molecule has 312 valence electrons. The highest BCUT2D eigenvalue weighted by molar-refractivity contribution is 7.99. The average Bonchev–Trinajstić information content (AvgIpc) is 3.20. The van der Waals surface area contributed by atoms with Crippen LogP contribution in [-0.2, 0) is 25.4 Å². The standard InChI is InChI=1S/C44H48F3N5O6S/c1-5-6-20-56-43(55)52-25-33(57-34(26-52)27-59-35-9-7-8-28(21-35)22-48)18-19-36-37(47)23-49-24-38(36)50-41(53)40(51-42(54)58-44(2,3)4)39(29-10-14-31(45)15-11-29)30-12-16-32(46)17-13-30/h7-17,21,23-24,33-34,39-40H,5-6,18-20,25-27H2,1-4H3,(H,50,53)(H,51,54). The maximum Gasteiger partial charge on any atom is 0.409 e. The molecule has 3 amide bonds. The number of unbranched alkanes of at least 4 members (excludes halogenated alkanes) is 1. The highest BCUT2D eigenvalue weighted by Crippen LogP contribution is 2.32. The number of thioether (sulfide) groups is 1. The van der Waals surface area contributed by atoms with Crippen molar-refractivity contribution in [1.82, 2.24) is 15.2 Å². The fourth-order valence-electron chi connectivity index (χ4n) is 6.56. The van der Waals surface area contributed by atoms with Gasteiger partial charge in [-0.2, -0.15) is 5.26 Å². The number of carbonyl (C=O) groups excluding carboxylic acids is 3. The van der Waals surface area contributed by atoms with Gasteiger partial charge in [0.15, 0.2) is 0 Å². The fourth-order valence-corrected chi connectivity index (χ4v) is 7.50. The van der Waals surface area contributed by atoms with Gasteiger partial charge in [0.05, 0.1) is 61.6 Å². The second-order valence-corrected chi connectivity index (χ2v) is 16.2. The molecule has 1 fully saturated rings. The van der Waals surface area contributed by atoms with Crippen LogP contribution in [0.2, 0.25) is 0 Å². The Morgan fingerprint density at radius 1 is 0.983 bits per heavy atom. The molecule has 1 aliphatic rings. The summed E-state index contributed by atoms with van der Waals surface area (Å²) in [7, 11) is 0. The third kappa shape index (κ3) is 13.2. The number of nitriles is 1. The van der Waals surface area contributed by atoms with Crippen molar-refractivity contribution in [2.24, 2.45) is 0 Å². The van der Waals surface area contributed by atoms with Crippen molar-refractivity contribution in [2.45, 2.75) is 88.0 Å². The van der Waals surface area contributed by atoms with Gasteiger partial charge in [-0.25, -0.2) is 22.8 Å². The lowest BCUT2D eigenvalue weighted by Gasteiger charge is -2.37. The van der Waals surface area contributed by atoms with Gasteiger partial charge in [0.1, 0.15) is 29.1 Å². The Kier molecular flexibility index (Phi) is 15.8. The Labute approximate surface area is 346 Å². The lowest BCUT2D eigenvalue weighted by Crippen LogP contribution is -2.51. The lowest BCUT2D eigenvalue weighted by molar-refractivity contribution is -0.118. The van der Waals surface area contributed by atoms with Crippen molar-refractivity contribution in [3.05, 3.63) is 125 Å². The van der Waals surface area contributed by atoms with E-state index in [1.165, 1.54) is 66.5 Å². The molecule has 2 N–H and O–H groups in total. The SMILES string of the molecule is CCCCOC(=O)N1CC(CCc2c(F)cncc2NC(=O)C(NC(=O)OC(C)(C)C)C(c2ccc(F)cc2)c2ccc(F)cc2)OC(CSc2cccc(C#N)c2)C1. The van der Waals surface area contributed by atoms with Gasteiger partial charge in [-0.3, -0.25) is 9.78 Å². The van der Waals surface area contributed by atoms with E-state index in [0.717, 1.165) is 17.5 Å². The van der Waals surface area contributed by atoms with Crippen LogP contribution in [0.3, 0.4) is 0 Å². The molecule has 1 saturated heterocycles. The first-order valence-electron chi connectivity index (χ1n) is 19.4. The molecule has 1 aromatic heterocycles. The van der Waals surface area contributed by atoms with Crippen molar-refractivity contribution < 1.29 is 41.8 Å². The number of rotatable bonds is 15. The van der Waals surface area contributed by atoms with Gasteiger partial charge in [-0.15, -0.1) is 11.8 Å². The number of hydrogen-bond donors (Lipinski definition) is 2. The molecule has 3 aromatic carbocycles. The largest absolute Gasteiger partial charge is 0.449 e. The normalized spacial score (nSPS) is 15.9. The van der Waals surface area contributed by atoms with Crippen LogP contribution in [0.15, 0.2) is 90.1 Å².